The first-order valence-electron chi connectivity index (χ1n) is 10.2. The number of benzene rings is 2. The van der Waals surface area contributed by atoms with Gasteiger partial charge in [0.1, 0.15) is 6.54 Å². The molecule has 160 valence electrons. The zero-order valence-corrected chi connectivity index (χ0v) is 18.0. The number of anilines is 2. The van der Waals surface area contributed by atoms with Crippen molar-refractivity contribution in [3.8, 4) is 0 Å². The highest BCUT2D eigenvalue weighted by Gasteiger charge is 2.28. The number of carbonyl (C=O) groups excluding carboxylic acids is 4. The molecule has 0 aliphatic carbocycles. The van der Waals surface area contributed by atoms with E-state index in [4.69, 9.17) is 0 Å². The first-order chi connectivity index (χ1) is 14.9. The first-order valence-corrected chi connectivity index (χ1v) is 11.2. The molecule has 0 spiro atoms. The molecule has 0 radical (unpaired) electrons. The van der Waals surface area contributed by atoms with E-state index >= 15 is 0 Å². The third-order valence-corrected chi connectivity index (χ3v) is 6.47. The molecular formula is C23H23N3O4S. The Kier molecular flexibility index (Phi) is 6.08. The fraction of sp³-hybridized carbons (Fsp3) is 0.304. The zero-order valence-electron chi connectivity index (χ0n) is 17.2. The molecule has 2 aliphatic rings. The predicted octanol–water partition coefficient (Wildman–Crippen LogP) is 3.20. The second-order valence-electron chi connectivity index (χ2n) is 7.63. The second-order valence-corrected chi connectivity index (χ2v) is 8.65. The monoisotopic (exact) mass is 437 g/mol. The molecule has 0 aromatic heterocycles. The molecule has 8 heteroatoms. The third-order valence-electron chi connectivity index (χ3n) is 5.42. The largest absolute Gasteiger partial charge is 0.339 e. The summed E-state index contributed by atoms with van der Waals surface area (Å²) in [4.78, 5) is 53.5. The maximum atomic E-state index is 12.8. The van der Waals surface area contributed by atoms with Crippen molar-refractivity contribution in [3.05, 3.63) is 53.6 Å². The molecule has 7 nitrogen and oxygen atoms in total. The van der Waals surface area contributed by atoms with Gasteiger partial charge in [-0.25, -0.2) is 0 Å². The Labute approximate surface area is 184 Å². The van der Waals surface area contributed by atoms with Gasteiger partial charge in [-0.05, 0) is 62.2 Å². The number of Topliss-reactive ketones (excluding diaryl/α,β-unsaturated/α-hetero) is 1. The van der Waals surface area contributed by atoms with E-state index < -0.39 is 0 Å². The Morgan fingerprint density at radius 1 is 1.00 bits per heavy atom. The molecule has 3 amide bonds. The highest BCUT2D eigenvalue weighted by molar-refractivity contribution is 8.00. The molecule has 1 N–H and O–H groups in total. The number of carbonyl (C=O) groups is 4. The highest BCUT2D eigenvalue weighted by Crippen LogP contribution is 2.36. The summed E-state index contributed by atoms with van der Waals surface area (Å²) in [5.74, 6) is -0.376. The molecule has 2 heterocycles. The van der Waals surface area contributed by atoms with Crippen molar-refractivity contribution < 1.29 is 19.2 Å². The molecule has 4 rings (SSSR count). The van der Waals surface area contributed by atoms with Crippen LogP contribution in [0, 0.1) is 0 Å². The van der Waals surface area contributed by atoms with Crippen LogP contribution in [-0.2, 0) is 9.59 Å². The van der Waals surface area contributed by atoms with Crippen LogP contribution in [0.2, 0.25) is 0 Å². The molecule has 0 atom stereocenters. The van der Waals surface area contributed by atoms with Gasteiger partial charge in [0.25, 0.3) is 5.91 Å². The van der Waals surface area contributed by atoms with Crippen molar-refractivity contribution in [1.29, 1.82) is 0 Å². The summed E-state index contributed by atoms with van der Waals surface area (Å²) in [6.45, 7) is 2.83. The molecule has 31 heavy (non-hydrogen) atoms. The summed E-state index contributed by atoms with van der Waals surface area (Å²) in [5, 5.41) is 2.76. The summed E-state index contributed by atoms with van der Waals surface area (Å²) in [5.41, 5.74) is 2.23. The Morgan fingerprint density at radius 2 is 1.68 bits per heavy atom. The minimum Gasteiger partial charge on any atom is -0.339 e. The number of rotatable bonds is 5. The quantitative estimate of drug-likeness (QED) is 0.726. The van der Waals surface area contributed by atoms with E-state index in [0.717, 1.165) is 30.8 Å². The Morgan fingerprint density at radius 3 is 2.35 bits per heavy atom. The van der Waals surface area contributed by atoms with Gasteiger partial charge < -0.3 is 15.1 Å². The van der Waals surface area contributed by atoms with Gasteiger partial charge in [-0.1, -0.05) is 0 Å². The Hall–Kier alpha value is -3.13. The van der Waals surface area contributed by atoms with E-state index in [9.17, 15) is 19.2 Å². The lowest BCUT2D eigenvalue weighted by atomic mass is 10.1. The van der Waals surface area contributed by atoms with Crippen LogP contribution in [0.15, 0.2) is 47.4 Å². The molecule has 0 unspecified atom stereocenters. The van der Waals surface area contributed by atoms with Gasteiger partial charge in [0.05, 0.1) is 11.4 Å². The van der Waals surface area contributed by atoms with Crippen molar-refractivity contribution >= 4 is 46.6 Å². The maximum Gasteiger partial charge on any atom is 0.253 e. The van der Waals surface area contributed by atoms with Crippen LogP contribution in [0.1, 0.15) is 40.5 Å². The summed E-state index contributed by atoms with van der Waals surface area (Å²) >= 11 is 1.41. The van der Waals surface area contributed by atoms with Crippen LogP contribution in [0.3, 0.4) is 0 Å². The molecule has 2 aromatic rings. The number of amides is 3. The fourth-order valence-electron chi connectivity index (χ4n) is 3.74. The molecule has 0 saturated carbocycles. The third kappa shape index (κ3) is 4.64. The van der Waals surface area contributed by atoms with Crippen LogP contribution >= 0.6 is 11.8 Å². The van der Waals surface area contributed by atoms with E-state index in [0.29, 0.717) is 22.5 Å². The molecule has 2 aliphatic heterocycles. The zero-order chi connectivity index (χ0) is 22.0. The number of thioether (sulfide) groups is 1. The number of hydrogen-bond donors (Lipinski definition) is 1. The lowest BCUT2D eigenvalue weighted by Gasteiger charge is -2.29. The maximum absolute atomic E-state index is 12.8. The summed E-state index contributed by atoms with van der Waals surface area (Å²) in [6, 6.07) is 12.0. The van der Waals surface area contributed by atoms with Crippen LogP contribution in [0.25, 0.3) is 0 Å². The van der Waals surface area contributed by atoms with Crippen molar-refractivity contribution in [3.63, 3.8) is 0 Å². The minimum atomic E-state index is -0.349. The van der Waals surface area contributed by atoms with E-state index in [2.05, 4.69) is 5.32 Å². The van der Waals surface area contributed by atoms with Gasteiger partial charge >= 0.3 is 0 Å². The van der Waals surface area contributed by atoms with Gasteiger partial charge in [0.15, 0.2) is 5.78 Å². The molecule has 0 bridgehead atoms. The van der Waals surface area contributed by atoms with Gasteiger partial charge in [0, 0.05) is 34.8 Å². The van der Waals surface area contributed by atoms with Crippen LogP contribution in [0.4, 0.5) is 11.4 Å². The van der Waals surface area contributed by atoms with Crippen LogP contribution in [0.5, 0.6) is 0 Å². The number of hydrogen-bond acceptors (Lipinski definition) is 5. The summed E-state index contributed by atoms with van der Waals surface area (Å²) < 4.78 is 0. The van der Waals surface area contributed by atoms with Crippen LogP contribution in [-0.4, -0.2) is 53.8 Å². The number of likely N-dealkylation sites (tertiary alicyclic amines) is 1. The fourth-order valence-corrected chi connectivity index (χ4v) is 4.66. The van der Waals surface area contributed by atoms with E-state index in [-0.39, 0.29) is 35.8 Å². The summed E-state index contributed by atoms with van der Waals surface area (Å²) in [7, 11) is 0. The van der Waals surface area contributed by atoms with E-state index in [1.165, 1.54) is 23.6 Å². The molecule has 1 saturated heterocycles. The SMILES string of the molecule is CC(=O)c1ccc(NC(=O)CN2C(=O)CSc3ccc(C(=O)N4CCCC4)cc32)cc1. The minimum absolute atomic E-state index is 0.0433. The average Bonchev–Trinajstić information content (AvgIpc) is 3.30. The van der Waals surface area contributed by atoms with Gasteiger partial charge in [0.2, 0.25) is 11.8 Å². The average molecular weight is 438 g/mol. The normalized spacial score (nSPS) is 15.6. The van der Waals surface area contributed by atoms with Crippen molar-refractivity contribution in [2.24, 2.45) is 0 Å². The lowest BCUT2D eigenvalue weighted by Crippen LogP contribution is -2.41. The predicted molar refractivity (Wildman–Crippen MR) is 120 cm³/mol. The number of fused-ring (bicyclic) bond motifs is 1. The first kappa shape index (κ1) is 21.1. The Bertz CT molecular complexity index is 1050. The standard InChI is InChI=1S/C23H23N3O4S/c1-15(27)16-4-7-18(8-5-16)24-21(28)13-26-19-12-17(23(30)25-10-2-3-11-25)6-9-20(19)31-14-22(26)29/h4-9,12H,2-3,10-11,13-14H2,1H3,(H,24,28). The molecule has 2 aromatic carbocycles. The number of nitrogens with one attached hydrogen (secondary N) is 1. The topological polar surface area (TPSA) is 86.8 Å². The number of ketones is 1. The van der Waals surface area contributed by atoms with Crippen molar-refractivity contribution in [2.45, 2.75) is 24.7 Å². The van der Waals surface area contributed by atoms with Crippen molar-refractivity contribution in [1.82, 2.24) is 4.90 Å². The second kappa shape index (κ2) is 8.93. The summed E-state index contributed by atoms with van der Waals surface area (Å²) in [6.07, 6.45) is 2.01. The molecular weight excluding hydrogens is 414 g/mol. The smallest absolute Gasteiger partial charge is 0.253 e. The van der Waals surface area contributed by atoms with Crippen LogP contribution < -0.4 is 10.2 Å². The Balaban J connectivity index is 1.51. The van der Waals surface area contributed by atoms with Gasteiger partial charge in [-0.3, -0.25) is 19.2 Å². The van der Waals surface area contributed by atoms with Crippen molar-refractivity contribution in [2.75, 3.05) is 35.6 Å². The van der Waals surface area contributed by atoms with Gasteiger partial charge in [-0.15, -0.1) is 11.8 Å². The lowest BCUT2D eigenvalue weighted by molar-refractivity contribution is -0.120. The van der Waals surface area contributed by atoms with E-state index in [1.807, 2.05) is 11.0 Å². The number of nitrogens with zero attached hydrogens (tertiary/aromatic N) is 2. The van der Waals surface area contributed by atoms with Gasteiger partial charge in [-0.2, -0.15) is 0 Å². The molecule has 1 fully saturated rings. The van der Waals surface area contributed by atoms with E-state index in [1.54, 1.807) is 36.4 Å². The highest BCUT2D eigenvalue weighted by atomic mass is 32.2.